The molecule has 33 heavy (non-hydrogen) atoms. The van der Waals surface area contributed by atoms with Gasteiger partial charge in [-0.25, -0.2) is 0 Å². The SMILES string of the molecule is CC(C)c1ccc([I+](OS(=O)(=O)c2ccccc2C(F)(F)F)c2ccc(C(C)C)cc2)cc1. The molecule has 0 unspecified atom stereocenters. The minimum Gasteiger partial charge on any atom is -0.190 e. The highest BCUT2D eigenvalue weighted by molar-refractivity contribution is 7.86. The summed E-state index contributed by atoms with van der Waals surface area (Å²) in [6.07, 6.45) is -4.82. The van der Waals surface area contributed by atoms with Gasteiger partial charge in [-0.2, -0.15) is 21.6 Å². The molecular formula is C25H26F3IO3S+. The molecule has 0 bridgehead atoms. The van der Waals surface area contributed by atoms with Gasteiger partial charge in [0.1, 0.15) is 4.90 Å². The van der Waals surface area contributed by atoms with Crippen LogP contribution in [0.5, 0.6) is 0 Å². The quantitative estimate of drug-likeness (QED) is 0.392. The highest BCUT2D eigenvalue weighted by Crippen LogP contribution is 2.34. The van der Waals surface area contributed by atoms with E-state index in [1.54, 1.807) is 0 Å². The molecule has 0 aliphatic carbocycles. The van der Waals surface area contributed by atoms with Crippen molar-refractivity contribution in [2.75, 3.05) is 0 Å². The van der Waals surface area contributed by atoms with Crippen LogP contribution in [0.25, 0.3) is 0 Å². The zero-order valence-corrected chi connectivity index (χ0v) is 21.7. The molecule has 8 heteroatoms. The molecule has 0 saturated heterocycles. The van der Waals surface area contributed by atoms with Gasteiger partial charge in [0, 0.05) is 0 Å². The second kappa shape index (κ2) is 10.1. The van der Waals surface area contributed by atoms with Crippen molar-refractivity contribution in [1.82, 2.24) is 0 Å². The van der Waals surface area contributed by atoms with Crippen LogP contribution in [0, 0.1) is 7.14 Å². The van der Waals surface area contributed by atoms with Crippen molar-refractivity contribution in [1.29, 1.82) is 0 Å². The van der Waals surface area contributed by atoms with Crippen LogP contribution in [-0.2, 0) is 18.8 Å². The summed E-state index contributed by atoms with van der Waals surface area (Å²) in [6.45, 7) is 8.19. The molecule has 0 spiro atoms. The molecule has 0 aromatic heterocycles. The standard InChI is InChI=1S/C25H26F3IO3S/c1-17(2)19-9-13-21(14-10-19)29(22-15-11-20(12-16-22)18(3)4)32-33(30,31)24-8-6-5-7-23(24)25(26,27)28/h5-18H,1-4H3/q+1. The molecule has 0 saturated carbocycles. The normalized spacial score (nSPS) is 12.7. The van der Waals surface area contributed by atoms with E-state index in [0.29, 0.717) is 7.14 Å². The Morgan fingerprint density at radius 3 is 1.55 bits per heavy atom. The molecule has 0 heterocycles. The first-order valence-electron chi connectivity index (χ1n) is 10.4. The van der Waals surface area contributed by atoms with Crippen molar-refractivity contribution in [2.45, 2.75) is 50.6 Å². The van der Waals surface area contributed by atoms with E-state index in [4.69, 9.17) is 2.51 Å². The second-order valence-electron chi connectivity index (χ2n) is 8.17. The van der Waals surface area contributed by atoms with Crippen molar-refractivity contribution in [2.24, 2.45) is 0 Å². The fraction of sp³-hybridized carbons (Fsp3) is 0.280. The van der Waals surface area contributed by atoms with Gasteiger partial charge < -0.3 is 0 Å². The molecule has 0 aliphatic heterocycles. The summed E-state index contributed by atoms with van der Waals surface area (Å²) in [4.78, 5) is -0.864. The lowest BCUT2D eigenvalue weighted by Crippen LogP contribution is -3.85. The van der Waals surface area contributed by atoms with Crippen LogP contribution in [-0.4, -0.2) is 8.42 Å². The average molecular weight is 590 g/mol. The third-order valence-electron chi connectivity index (χ3n) is 5.08. The van der Waals surface area contributed by atoms with Gasteiger partial charge in [0.25, 0.3) is 0 Å². The minimum atomic E-state index is -4.82. The maximum absolute atomic E-state index is 13.5. The van der Waals surface area contributed by atoms with Crippen molar-refractivity contribution in [3.05, 3.63) is 96.6 Å². The van der Waals surface area contributed by atoms with E-state index in [1.165, 1.54) is 6.07 Å². The summed E-state index contributed by atoms with van der Waals surface area (Å²) >= 11 is -3.11. The van der Waals surface area contributed by atoms with E-state index in [1.807, 2.05) is 76.2 Å². The molecule has 3 aromatic rings. The lowest BCUT2D eigenvalue weighted by molar-refractivity contribution is -1.03. The molecule has 0 aliphatic rings. The number of alkyl halides is 3. The Balaban J connectivity index is 2.08. The summed E-state index contributed by atoms with van der Waals surface area (Å²) in [5.74, 6) is 0.574. The van der Waals surface area contributed by atoms with E-state index in [2.05, 4.69) is 0 Å². The van der Waals surface area contributed by atoms with Crippen molar-refractivity contribution < 1.29 is 44.3 Å². The summed E-state index contributed by atoms with van der Waals surface area (Å²) in [6, 6.07) is 19.0. The molecule has 3 aromatic carbocycles. The predicted molar refractivity (Wildman–Crippen MR) is 118 cm³/mol. The van der Waals surface area contributed by atoms with Crippen molar-refractivity contribution in [3.8, 4) is 0 Å². The van der Waals surface area contributed by atoms with Gasteiger partial charge in [-0.3, -0.25) is 0 Å². The molecule has 0 atom stereocenters. The molecule has 1 radical (unpaired) electrons. The average Bonchev–Trinajstić information content (AvgIpc) is 2.77. The smallest absolute Gasteiger partial charge is 0.190 e. The van der Waals surface area contributed by atoms with E-state index >= 15 is 0 Å². The highest BCUT2D eigenvalue weighted by atomic mass is 127. The number of benzene rings is 3. The predicted octanol–water partition coefficient (Wildman–Crippen LogP) is 3.94. The maximum atomic E-state index is 13.5. The van der Waals surface area contributed by atoms with Crippen LogP contribution in [0.15, 0.2) is 77.7 Å². The van der Waals surface area contributed by atoms with Gasteiger partial charge in [-0.15, -0.1) is 0 Å². The summed E-state index contributed by atoms with van der Waals surface area (Å²) in [5, 5.41) is 0. The summed E-state index contributed by atoms with van der Waals surface area (Å²) < 4.78 is 73.8. The summed E-state index contributed by atoms with van der Waals surface area (Å²) in [7, 11) is -4.67. The first-order chi connectivity index (χ1) is 15.4. The van der Waals surface area contributed by atoms with Gasteiger partial charge >= 0.3 is 36.5 Å². The van der Waals surface area contributed by atoms with Gasteiger partial charge in [0.2, 0.25) is 0 Å². The lowest BCUT2D eigenvalue weighted by Gasteiger charge is -2.13. The van der Waals surface area contributed by atoms with E-state index < -0.39 is 47.0 Å². The first kappa shape index (κ1) is 25.7. The molecule has 177 valence electrons. The molecule has 0 fully saturated rings. The van der Waals surface area contributed by atoms with Gasteiger partial charge in [-0.05, 0) is 61.9 Å². The maximum Gasteiger partial charge on any atom is 0.417 e. The third-order valence-corrected chi connectivity index (χ3v) is 12.5. The fourth-order valence-corrected chi connectivity index (χ4v) is 10.2. The molecule has 3 nitrogen and oxygen atoms in total. The summed E-state index contributed by atoms with van der Waals surface area (Å²) in [5.41, 5.74) is 0.927. The van der Waals surface area contributed by atoms with Crippen LogP contribution in [0.4, 0.5) is 13.2 Å². The Morgan fingerprint density at radius 2 is 1.15 bits per heavy atom. The van der Waals surface area contributed by atoms with E-state index in [0.717, 1.165) is 29.3 Å². The number of hydrogen-bond donors (Lipinski definition) is 0. The molecule has 3 rings (SSSR count). The molecule has 0 N–H and O–H groups in total. The van der Waals surface area contributed by atoms with Crippen molar-refractivity contribution in [3.63, 3.8) is 0 Å². The van der Waals surface area contributed by atoms with Gasteiger partial charge in [0.05, 0.1) is 5.56 Å². The fourth-order valence-electron chi connectivity index (χ4n) is 3.16. The van der Waals surface area contributed by atoms with Crippen LogP contribution in [0.3, 0.4) is 0 Å². The third kappa shape index (κ3) is 6.16. The van der Waals surface area contributed by atoms with E-state index in [-0.39, 0.29) is 11.8 Å². The van der Waals surface area contributed by atoms with E-state index in [9.17, 15) is 21.6 Å². The van der Waals surface area contributed by atoms with Crippen LogP contribution < -0.4 is 20.2 Å². The van der Waals surface area contributed by atoms with Crippen LogP contribution in [0.2, 0.25) is 0 Å². The zero-order chi connectivity index (χ0) is 24.4. The Kier molecular flexibility index (Phi) is 7.91. The molecule has 0 amide bonds. The lowest BCUT2D eigenvalue weighted by atomic mass is 10.0. The minimum absolute atomic E-state index is 0.287. The topological polar surface area (TPSA) is 43.4 Å². The monoisotopic (exact) mass is 590 g/mol. The van der Waals surface area contributed by atoms with Crippen LogP contribution >= 0.6 is 0 Å². The van der Waals surface area contributed by atoms with Gasteiger partial charge in [-0.1, -0.05) is 64.1 Å². The van der Waals surface area contributed by atoms with Crippen molar-refractivity contribution >= 4 is 10.1 Å². The highest BCUT2D eigenvalue weighted by Gasteiger charge is 2.43. The Morgan fingerprint density at radius 1 is 0.727 bits per heavy atom. The number of hydrogen-bond acceptors (Lipinski definition) is 3. The Labute approximate surface area is 201 Å². The number of rotatable bonds is 7. The Bertz CT molecular complexity index is 1140. The van der Waals surface area contributed by atoms with Gasteiger partial charge in [0.15, 0.2) is 7.14 Å². The zero-order valence-electron chi connectivity index (χ0n) is 18.7. The van der Waals surface area contributed by atoms with Crippen LogP contribution in [0.1, 0.15) is 56.2 Å². The largest absolute Gasteiger partial charge is 0.417 e. The Hall–Kier alpha value is -1.91. The first-order valence-corrected chi connectivity index (χ1v) is 14.9. The molecular weight excluding hydrogens is 564 g/mol. The number of halogens is 4. The second-order valence-corrected chi connectivity index (χ2v) is 14.6.